The van der Waals surface area contributed by atoms with Crippen molar-refractivity contribution in [1.29, 1.82) is 0 Å². The molecule has 24 heavy (non-hydrogen) atoms. The van der Waals surface area contributed by atoms with Crippen molar-refractivity contribution >= 4 is 11.4 Å². The minimum atomic E-state index is -0.536. The smallest absolute Gasteiger partial charge is 0.250 e. The van der Waals surface area contributed by atoms with Crippen LogP contribution in [0, 0.1) is 33.5 Å². The van der Waals surface area contributed by atoms with Crippen LogP contribution in [-0.4, -0.2) is 0 Å². The third-order valence-corrected chi connectivity index (χ3v) is 4.47. The molecule has 0 amide bonds. The van der Waals surface area contributed by atoms with Crippen LogP contribution in [0.1, 0.15) is 22.3 Å². The van der Waals surface area contributed by atoms with Gasteiger partial charge in [-0.3, -0.25) is 9.59 Å². The normalized spacial score (nSPS) is 11.0. The summed E-state index contributed by atoms with van der Waals surface area (Å²) in [6.45, 7) is 7.65. The highest BCUT2D eigenvalue weighted by molar-refractivity contribution is 5.87. The first kappa shape index (κ1) is 16.1. The fourth-order valence-corrected chi connectivity index (χ4v) is 2.90. The van der Waals surface area contributed by atoms with Crippen molar-refractivity contribution in [2.24, 2.45) is 0 Å². The maximum Gasteiger partial charge on any atom is 0.250 e. The minimum Gasteiger partial charge on any atom is -0.351 e. The van der Waals surface area contributed by atoms with Gasteiger partial charge in [0, 0.05) is 5.69 Å². The van der Waals surface area contributed by atoms with Crippen molar-refractivity contribution in [2.75, 3.05) is 5.32 Å². The molecule has 0 aliphatic rings. The third-order valence-electron chi connectivity index (χ3n) is 4.47. The Kier molecular flexibility index (Phi) is 3.84. The van der Waals surface area contributed by atoms with Gasteiger partial charge in [-0.2, -0.15) is 0 Å². The van der Waals surface area contributed by atoms with Gasteiger partial charge in [-0.1, -0.05) is 12.1 Å². The molecule has 0 aliphatic heterocycles. The predicted molar refractivity (Wildman–Crippen MR) is 95.4 cm³/mol. The van der Waals surface area contributed by atoms with E-state index < -0.39 is 10.9 Å². The molecule has 3 rings (SSSR count). The van der Waals surface area contributed by atoms with E-state index >= 15 is 0 Å². The summed E-state index contributed by atoms with van der Waals surface area (Å²) in [4.78, 5) is 24.2. The van der Waals surface area contributed by atoms with Crippen LogP contribution in [0.25, 0.3) is 11.1 Å². The van der Waals surface area contributed by atoms with E-state index in [4.69, 9.17) is 0 Å². The summed E-state index contributed by atoms with van der Waals surface area (Å²) < 4.78 is 13.2. The van der Waals surface area contributed by atoms with Crippen molar-refractivity contribution in [3.63, 3.8) is 0 Å². The molecule has 3 nitrogen and oxygen atoms in total. The molecular weight excluding hydrogens is 305 g/mol. The molecule has 0 aromatic heterocycles. The predicted octanol–water partition coefficient (Wildman–Crippen LogP) is 4.07. The molecule has 0 aliphatic carbocycles. The van der Waals surface area contributed by atoms with Gasteiger partial charge in [0.05, 0.1) is 5.56 Å². The van der Waals surface area contributed by atoms with Gasteiger partial charge in [0.1, 0.15) is 11.5 Å². The van der Waals surface area contributed by atoms with Crippen molar-refractivity contribution in [3.8, 4) is 11.1 Å². The van der Waals surface area contributed by atoms with Crippen molar-refractivity contribution in [1.82, 2.24) is 0 Å². The summed E-state index contributed by atoms with van der Waals surface area (Å²) in [6, 6.07) is 8.22. The van der Waals surface area contributed by atoms with Crippen molar-refractivity contribution in [3.05, 3.63) is 78.8 Å². The van der Waals surface area contributed by atoms with Gasteiger partial charge in [0.15, 0.2) is 0 Å². The molecule has 0 spiro atoms. The number of anilines is 2. The summed E-state index contributed by atoms with van der Waals surface area (Å²) in [5, 5.41) is 3.01. The Morgan fingerprint density at radius 1 is 0.792 bits per heavy atom. The molecule has 0 unspecified atom stereocenters. The fourth-order valence-electron chi connectivity index (χ4n) is 2.90. The average Bonchev–Trinajstić information content (AvgIpc) is 2.53. The lowest BCUT2D eigenvalue weighted by molar-refractivity contribution is 0.627. The first-order valence-electron chi connectivity index (χ1n) is 7.74. The zero-order valence-electron chi connectivity index (χ0n) is 14.1. The van der Waals surface area contributed by atoms with Crippen LogP contribution in [0.5, 0.6) is 0 Å². The summed E-state index contributed by atoms with van der Waals surface area (Å²) in [7, 11) is 0. The molecule has 0 saturated carbocycles. The van der Waals surface area contributed by atoms with E-state index in [-0.39, 0.29) is 11.5 Å². The van der Waals surface area contributed by atoms with Crippen LogP contribution in [0.2, 0.25) is 0 Å². The van der Waals surface area contributed by atoms with Crippen LogP contribution in [0.4, 0.5) is 15.8 Å². The molecule has 0 bridgehead atoms. The van der Waals surface area contributed by atoms with Gasteiger partial charge < -0.3 is 5.32 Å². The minimum absolute atomic E-state index is 0.279. The number of rotatable bonds is 3. The zero-order valence-corrected chi connectivity index (χ0v) is 14.1. The molecule has 122 valence electrons. The van der Waals surface area contributed by atoms with Crippen LogP contribution in [0.3, 0.4) is 0 Å². The Hall–Kier alpha value is -2.75. The number of hydrogen-bond acceptors (Lipinski definition) is 3. The molecule has 3 aromatic rings. The first-order valence-corrected chi connectivity index (χ1v) is 7.74. The molecular formula is C20H18FNO2. The lowest BCUT2D eigenvalue weighted by Gasteiger charge is -2.17. The largest absolute Gasteiger partial charge is 0.351 e. The second-order valence-corrected chi connectivity index (χ2v) is 6.24. The van der Waals surface area contributed by atoms with E-state index in [0.717, 1.165) is 22.3 Å². The van der Waals surface area contributed by atoms with Crippen molar-refractivity contribution in [2.45, 2.75) is 27.7 Å². The first-order chi connectivity index (χ1) is 11.3. The van der Waals surface area contributed by atoms with Gasteiger partial charge in [-0.05, 0) is 73.7 Å². The number of halogens is 1. The Morgan fingerprint density at radius 3 is 2.12 bits per heavy atom. The van der Waals surface area contributed by atoms with Crippen LogP contribution >= 0.6 is 0 Å². The van der Waals surface area contributed by atoms with E-state index in [1.165, 1.54) is 12.1 Å². The Bertz CT molecular complexity index is 1030. The number of nitrogens with one attached hydrogen (secondary N) is 1. The maximum atomic E-state index is 13.2. The summed E-state index contributed by atoms with van der Waals surface area (Å²) >= 11 is 0. The summed E-state index contributed by atoms with van der Waals surface area (Å²) in [6.07, 6.45) is 0. The van der Waals surface area contributed by atoms with Gasteiger partial charge in [-0.25, -0.2) is 4.39 Å². The van der Waals surface area contributed by atoms with E-state index in [0.29, 0.717) is 16.8 Å². The van der Waals surface area contributed by atoms with Gasteiger partial charge in [0.2, 0.25) is 5.43 Å². The number of aryl methyl sites for hydroxylation is 4. The lowest BCUT2D eigenvalue weighted by atomic mass is 9.91. The second-order valence-electron chi connectivity index (χ2n) is 6.24. The molecule has 4 heteroatoms. The van der Waals surface area contributed by atoms with Gasteiger partial charge in [0.25, 0.3) is 5.43 Å². The zero-order chi connectivity index (χ0) is 17.6. The topological polar surface area (TPSA) is 46.2 Å². The number of benzene rings is 2. The molecule has 1 N–H and O–H groups in total. The molecule has 0 fully saturated rings. The quantitative estimate of drug-likeness (QED) is 0.739. The highest BCUT2D eigenvalue weighted by Crippen LogP contribution is 2.31. The van der Waals surface area contributed by atoms with E-state index in [9.17, 15) is 14.0 Å². The Labute approximate surface area is 139 Å². The van der Waals surface area contributed by atoms with Crippen molar-refractivity contribution < 1.29 is 4.39 Å². The average molecular weight is 323 g/mol. The lowest BCUT2D eigenvalue weighted by Crippen LogP contribution is -2.35. The van der Waals surface area contributed by atoms with Crippen LogP contribution in [0.15, 0.2) is 39.9 Å². The highest BCUT2D eigenvalue weighted by atomic mass is 19.1. The summed E-state index contributed by atoms with van der Waals surface area (Å²) in [5.41, 5.74) is 4.87. The highest BCUT2D eigenvalue weighted by Gasteiger charge is 2.24. The maximum absolute atomic E-state index is 13.2. The van der Waals surface area contributed by atoms with Crippen LogP contribution < -0.4 is 16.2 Å². The summed E-state index contributed by atoms with van der Waals surface area (Å²) in [5.74, 6) is -0.340. The van der Waals surface area contributed by atoms with Gasteiger partial charge >= 0.3 is 0 Å². The molecule has 0 atom stereocenters. The molecule has 0 radical (unpaired) electrons. The second kappa shape index (κ2) is 5.71. The van der Waals surface area contributed by atoms with E-state index in [1.54, 1.807) is 13.0 Å². The number of hydrogen-bond donors (Lipinski definition) is 1. The monoisotopic (exact) mass is 323 g/mol. The SMILES string of the molecule is Cc1cc(C)c(-c2c(Nc3ccc(F)cc3C)c(=O)c2=O)cc1C. The van der Waals surface area contributed by atoms with Gasteiger partial charge in [-0.15, -0.1) is 0 Å². The Balaban J connectivity index is 2.10. The standard InChI is InChI=1S/C20H18FNO2/c1-10-7-12(3)15(9-11(10)2)17-18(20(24)19(17)23)22-16-6-5-14(21)8-13(16)4/h5-9,22H,1-4H3. The van der Waals surface area contributed by atoms with E-state index in [2.05, 4.69) is 5.32 Å². The molecule has 0 saturated heterocycles. The molecule has 3 aromatic carbocycles. The van der Waals surface area contributed by atoms with Crippen LogP contribution in [-0.2, 0) is 0 Å². The third kappa shape index (κ3) is 2.54. The Morgan fingerprint density at radius 2 is 1.46 bits per heavy atom. The fraction of sp³-hybridized carbons (Fsp3) is 0.200. The van der Waals surface area contributed by atoms with E-state index in [1.807, 2.05) is 32.9 Å². The molecule has 0 heterocycles.